The number of rotatable bonds is 4. The van der Waals surface area contributed by atoms with E-state index in [1.165, 1.54) is 30.3 Å². The highest BCUT2D eigenvalue weighted by molar-refractivity contribution is 7.92. The molecule has 4 nitrogen and oxygen atoms in total. The number of halogens is 5. The zero-order chi connectivity index (χ0) is 19.7. The van der Waals surface area contributed by atoms with Crippen molar-refractivity contribution in [2.75, 3.05) is 0 Å². The third kappa shape index (κ3) is 4.97. The summed E-state index contributed by atoms with van der Waals surface area (Å²) in [5.74, 6) is -0.821. The van der Waals surface area contributed by atoms with E-state index >= 15 is 0 Å². The number of hydrogen-bond acceptors (Lipinski definition) is 3. The largest absolute Gasteiger partial charge is 0.332 e. The maximum Gasteiger partial charge on any atom is 0.253 e. The molecule has 0 aliphatic rings. The van der Waals surface area contributed by atoms with Crippen molar-refractivity contribution in [1.82, 2.24) is 5.32 Å². The van der Waals surface area contributed by atoms with Crippen LogP contribution in [0.2, 0.25) is 10.0 Å². The number of alkyl halides is 3. The van der Waals surface area contributed by atoms with Crippen LogP contribution in [0.3, 0.4) is 0 Å². The molecular weight excluding hydrogens is 464 g/mol. The monoisotopic (exact) mass is 473 g/mol. The van der Waals surface area contributed by atoms with Crippen LogP contribution in [0.15, 0.2) is 47.4 Å². The second-order valence-corrected chi connectivity index (χ2v) is 10.6. The van der Waals surface area contributed by atoms with Gasteiger partial charge in [-0.25, -0.2) is 8.42 Å². The first-order chi connectivity index (χ1) is 11.9. The van der Waals surface area contributed by atoms with Crippen LogP contribution >= 0.6 is 58.0 Å². The molecule has 1 N–H and O–H groups in total. The van der Waals surface area contributed by atoms with E-state index in [0.717, 1.165) is 5.56 Å². The molecule has 0 aliphatic heterocycles. The van der Waals surface area contributed by atoms with Gasteiger partial charge in [-0.3, -0.25) is 4.79 Å². The first kappa shape index (κ1) is 21.6. The van der Waals surface area contributed by atoms with Crippen LogP contribution < -0.4 is 5.32 Å². The fraction of sp³-hybridized carbons (Fsp3) is 0.188. The predicted octanol–water partition coefficient (Wildman–Crippen LogP) is 5.20. The van der Waals surface area contributed by atoms with Gasteiger partial charge in [-0.15, -0.1) is 0 Å². The smallest absolute Gasteiger partial charge is 0.253 e. The fourth-order valence-corrected chi connectivity index (χ4v) is 5.18. The van der Waals surface area contributed by atoms with E-state index in [-0.39, 0.29) is 15.5 Å². The zero-order valence-electron chi connectivity index (χ0n) is 13.1. The molecule has 0 heterocycles. The molecule has 2 aromatic carbocycles. The molecule has 1 atom stereocenters. The number of amides is 1. The van der Waals surface area contributed by atoms with Crippen molar-refractivity contribution < 1.29 is 13.2 Å². The Kier molecular flexibility index (Phi) is 6.76. The molecule has 0 aromatic heterocycles. The van der Waals surface area contributed by atoms with Gasteiger partial charge < -0.3 is 5.32 Å². The molecule has 0 saturated heterocycles. The van der Waals surface area contributed by atoms with Crippen molar-refractivity contribution in [2.24, 2.45) is 0 Å². The highest BCUT2D eigenvalue weighted by atomic mass is 35.6. The summed E-state index contributed by atoms with van der Waals surface area (Å²) < 4.78 is 23.4. The molecule has 26 heavy (non-hydrogen) atoms. The van der Waals surface area contributed by atoms with Crippen LogP contribution in [-0.2, 0) is 9.84 Å². The Labute approximate surface area is 176 Å². The number of benzene rings is 2. The van der Waals surface area contributed by atoms with E-state index in [9.17, 15) is 13.2 Å². The fourth-order valence-electron chi connectivity index (χ4n) is 2.07. The van der Waals surface area contributed by atoms with Crippen LogP contribution in [-0.4, -0.2) is 23.5 Å². The van der Waals surface area contributed by atoms with Gasteiger partial charge in [0.15, 0.2) is 5.37 Å². The first-order valence-corrected chi connectivity index (χ1v) is 10.5. The highest BCUT2D eigenvalue weighted by Gasteiger charge is 2.44. The van der Waals surface area contributed by atoms with Crippen molar-refractivity contribution in [3.05, 3.63) is 63.6 Å². The van der Waals surface area contributed by atoms with Gasteiger partial charge in [0.2, 0.25) is 13.6 Å². The second kappa shape index (κ2) is 8.13. The van der Waals surface area contributed by atoms with E-state index < -0.39 is 24.9 Å². The van der Waals surface area contributed by atoms with Crippen LogP contribution in [0.4, 0.5) is 0 Å². The van der Waals surface area contributed by atoms with Gasteiger partial charge in [-0.05, 0) is 37.3 Å². The topological polar surface area (TPSA) is 63.2 Å². The summed E-state index contributed by atoms with van der Waals surface area (Å²) in [6.45, 7) is 1.80. The molecule has 1 amide bonds. The Hall–Kier alpha value is -0.690. The third-order valence-corrected chi connectivity index (χ3v) is 7.01. The minimum atomic E-state index is -4.20. The zero-order valence-corrected chi connectivity index (χ0v) is 17.7. The lowest BCUT2D eigenvalue weighted by Crippen LogP contribution is -2.49. The van der Waals surface area contributed by atoms with Crippen molar-refractivity contribution in [1.29, 1.82) is 0 Å². The maximum atomic E-state index is 12.9. The average molecular weight is 476 g/mol. The van der Waals surface area contributed by atoms with Gasteiger partial charge in [0, 0.05) is 5.02 Å². The minimum Gasteiger partial charge on any atom is -0.332 e. The summed E-state index contributed by atoms with van der Waals surface area (Å²) in [4.78, 5) is 12.4. The second-order valence-electron chi connectivity index (χ2n) is 5.38. The van der Waals surface area contributed by atoms with E-state index in [1.54, 1.807) is 19.1 Å². The minimum absolute atomic E-state index is 0.00516. The van der Waals surface area contributed by atoms with Crippen molar-refractivity contribution in [2.45, 2.75) is 21.0 Å². The quantitative estimate of drug-likeness (QED) is 0.618. The maximum absolute atomic E-state index is 12.9. The van der Waals surface area contributed by atoms with Gasteiger partial charge in [-0.1, -0.05) is 75.7 Å². The number of carbonyl (C=O) groups is 1. The first-order valence-electron chi connectivity index (χ1n) is 7.06. The summed E-state index contributed by atoms with van der Waals surface area (Å²) in [5.41, 5.74) is 0.848. The standard InChI is InChI=1S/C16H12Cl5NO3S/c1-9-2-5-11(6-3-9)26(24,25)15(16(19,20)21)22-14(23)12-7-4-10(17)8-13(12)18/h2-8,15H,1H3,(H,22,23)/t15-/m1/s1. The summed E-state index contributed by atoms with van der Waals surface area (Å²) >= 11 is 29.3. The molecule has 0 bridgehead atoms. The number of aryl methyl sites for hydroxylation is 1. The predicted molar refractivity (Wildman–Crippen MR) is 106 cm³/mol. The van der Waals surface area contributed by atoms with E-state index in [0.29, 0.717) is 5.02 Å². The molecule has 2 aromatic rings. The van der Waals surface area contributed by atoms with Crippen LogP contribution in [0.25, 0.3) is 0 Å². The number of sulfone groups is 1. The number of carbonyl (C=O) groups excluding carboxylic acids is 1. The number of hydrogen-bond donors (Lipinski definition) is 1. The Morgan fingerprint density at radius 2 is 1.62 bits per heavy atom. The summed E-state index contributed by atoms with van der Waals surface area (Å²) in [5, 5.41) is 0.755. The molecule has 0 fully saturated rings. The number of nitrogens with one attached hydrogen (secondary N) is 1. The van der Waals surface area contributed by atoms with E-state index in [1.807, 2.05) is 0 Å². The van der Waals surface area contributed by atoms with E-state index in [2.05, 4.69) is 5.32 Å². The Bertz CT molecular complexity index is 924. The summed E-state index contributed by atoms with van der Waals surface area (Å²) in [6.07, 6.45) is 0. The van der Waals surface area contributed by atoms with Gasteiger partial charge in [0.25, 0.3) is 5.91 Å². The summed E-state index contributed by atoms with van der Waals surface area (Å²) in [6, 6.07) is 10.1. The van der Waals surface area contributed by atoms with Gasteiger partial charge in [-0.2, -0.15) is 0 Å². The molecule has 0 aliphatic carbocycles. The average Bonchev–Trinajstić information content (AvgIpc) is 2.51. The van der Waals surface area contributed by atoms with Crippen molar-refractivity contribution in [3.63, 3.8) is 0 Å². The summed E-state index contributed by atoms with van der Waals surface area (Å²) in [7, 11) is -4.20. The molecule has 140 valence electrons. The normalized spacial score (nSPS) is 13.3. The Morgan fingerprint density at radius 1 is 1.04 bits per heavy atom. The van der Waals surface area contributed by atoms with Crippen LogP contribution in [0.1, 0.15) is 15.9 Å². The molecule has 0 spiro atoms. The lowest BCUT2D eigenvalue weighted by atomic mass is 10.2. The lowest BCUT2D eigenvalue weighted by Gasteiger charge is -2.25. The molecule has 0 radical (unpaired) electrons. The van der Waals surface area contributed by atoms with Crippen molar-refractivity contribution >= 4 is 73.7 Å². The molecule has 0 unspecified atom stereocenters. The van der Waals surface area contributed by atoms with Gasteiger partial charge in [0.1, 0.15) is 0 Å². The lowest BCUT2D eigenvalue weighted by molar-refractivity contribution is 0.0948. The van der Waals surface area contributed by atoms with Crippen LogP contribution in [0.5, 0.6) is 0 Å². The Balaban J connectivity index is 2.42. The molecule has 10 heteroatoms. The SMILES string of the molecule is Cc1ccc(S(=O)(=O)[C@@H](NC(=O)c2ccc(Cl)cc2Cl)C(Cl)(Cl)Cl)cc1. The third-order valence-electron chi connectivity index (χ3n) is 3.40. The van der Waals surface area contributed by atoms with Crippen LogP contribution in [0, 0.1) is 6.92 Å². The molecule has 2 rings (SSSR count). The van der Waals surface area contributed by atoms with Crippen molar-refractivity contribution in [3.8, 4) is 0 Å². The van der Waals surface area contributed by atoms with E-state index in [4.69, 9.17) is 58.0 Å². The van der Waals surface area contributed by atoms with Gasteiger partial charge in [0.05, 0.1) is 15.5 Å². The molecular formula is C16H12Cl5NO3S. The highest BCUT2D eigenvalue weighted by Crippen LogP contribution is 2.36. The van der Waals surface area contributed by atoms with Gasteiger partial charge >= 0.3 is 0 Å². The molecule has 0 saturated carbocycles. The Morgan fingerprint density at radius 3 is 2.12 bits per heavy atom.